The summed E-state index contributed by atoms with van der Waals surface area (Å²) in [5, 5.41) is 5.71. The molecular formula is C13H18ClN3O3. The number of carbonyl (C=O) groups is 2. The second-order valence-corrected chi connectivity index (χ2v) is 4.52. The molecule has 20 heavy (non-hydrogen) atoms. The number of amides is 2. The first-order valence-corrected chi connectivity index (χ1v) is 6.51. The number of carbonyl (C=O) groups excluding carboxylic acids is 2. The lowest BCUT2D eigenvalue weighted by molar-refractivity contribution is -0.121. The van der Waals surface area contributed by atoms with Crippen LogP contribution in [0.4, 0.5) is 5.69 Å². The van der Waals surface area contributed by atoms with Gasteiger partial charge in [0.05, 0.1) is 12.2 Å². The number of anilines is 1. The monoisotopic (exact) mass is 299 g/mol. The van der Waals surface area contributed by atoms with Gasteiger partial charge in [0.15, 0.2) is 0 Å². The van der Waals surface area contributed by atoms with Gasteiger partial charge in [0.1, 0.15) is 0 Å². The van der Waals surface area contributed by atoms with Gasteiger partial charge in [-0.3, -0.25) is 9.59 Å². The average molecular weight is 300 g/mol. The minimum atomic E-state index is -0.352. The van der Waals surface area contributed by atoms with Crippen molar-refractivity contribution in [2.24, 2.45) is 0 Å². The molecule has 0 unspecified atom stereocenters. The molecule has 6 nitrogen and oxygen atoms in total. The predicted molar refractivity (Wildman–Crippen MR) is 77.7 cm³/mol. The largest absolute Gasteiger partial charge is 0.398 e. The molecule has 2 amide bonds. The number of nitrogens with one attached hydrogen (secondary N) is 2. The number of ether oxygens (including phenoxy) is 1. The smallest absolute Gasteiger partial charge is 0.253 e. The molecule has 1 aromatic rings. The molecule has 0 radical (unpaired) electrons. The van der Waals surface area contributed by atoms with Crippen LogP contribution in [0.3, 0.4) is 0 Å². The molecule has 0 aliphatic carbocycles. The van der Waals surface area contributed by atoms with Crippen molar-refractivity contribution in [3.05, 3.63) is 28.8 Å². The van der Waals surface area contributed by atoms with Crippen molar-refractivity contribution < 1.29 is 14.3 Å². The highest BCUT2D eigenvalue weighted by atomic mass is 35.5. The summed E-state index contributed by atoms with van der Waals surface area (Å²) in [4.78, 5) is 23.3. The molecule has 0 aromatic heterocycles. The molecule has 0 heterocycles. The van der Waals surface area contributed by atoms with Gasteiger partial charge in [-0.1, -0.05) is 11.6 Å². The van der Waals surface area contributed by atoms with Crippen LogP contribution in [0, 0.1) is 0 Å². The van der Waals surface area contributed by atoms with Crippen LogP contribution in [-0.2, 0) is 9.53 Å². The van der Waals surface area contributed by atoms with Gasteiger partial charge in [-0.25, -0.2) is 0 Å². The van der Waals surface area contributed by atoms with E-state index in [1.54, 1.807) is 19.2 Å². The lowest BCUT2D eigenvalue weighted by Gasteiger charge is -2.08. The van der Waals surface area contributed by atoms with Crippen molar-refractivity contribution in [1.29, 1.82) is 0 Å². The molecule has 0 aliphatic heterocycles. The second-order valence-electron chi connectivity index (χ2n) is 4.08. The number of rotatable bonds is 7. The minimum Gasteiger partial charge on any atom is -0.398 e. The number of hydrogen-bond donors (Lipinski definition) is 3. The summed E-state index contributed by atoms with van der Waals surface area (Å²) in [6.07, 6.45) is 0.190. The van der Waals surface area contributed by atoms with E-state index in [1.807, 2.05) is 0 Å². The second kappa shape index (κ2) is 8.39. The maximum atomic E-state index is 11.9. The zero-order valence-corrected chi connectivity index (χ0v) is 12.0. The van der Waals surface area contributed by atoms with E-state index in [9.17, 15) is 9.59 Å². The summed E-state index contributed by atoms with van der Waals surface area (Å²) in [5.74, 6) is -0.504. The van der Waals surface area contributed by atoms with Crippen LogP contribution < -0.4 is 16.4 Å². The van der Waals surface area contributed by atoms with Crippen LogP contribution in [-0.4, -0.2) is 38.6 Å². The fourth-order valence-corrected chi connectivity index (χ4v) is 1.66. The number of nitrogens with two attached hydrogens (primary N) is 1. The normalized spacial score (nSPS) is 10.1. The van der Waals surface area contributed by atoms with E-state index in [0.717, 1.165) is 0 Å². The molecule has 1 rings (SSSR count). The van der Waals surface area contributed by atoms with Crippen molar-refractivity contribution in [1.82, 2.24) is 10.6 Å². The Morgan fingerprint density at radius 3 is 2.75 bits per heavy atom. The number of benzene rings is 1. The van der Waals surface area contributed by atoms with Gasteiger partial charge in [0.2, 0.25) is 5.91 Å². The molecule has 4 N–H and O–H groups in total. The van der Waals surface area contributed by atoms with Crippen molar-refractivity contribution in [3.63, 3.8) is 0 Å². The molecule has 0 aliphatic rings. The Morgan fingerprint density at radius 2 is 2.05 bits per heavy atom. The zero-order chi connectivity index (χ0) is 15.0. The van der Waals surface area contributed by atoms with E-state index >= 15 is 0 Å². The third kappa shape index (κ3) is 5.46. The average Bonchev–Trinajstić information content (AvgIpc) is 2.41. The Balaban J connectivity index is 2.36. The fraction of sp³-hybridized carbons (Fsp3) is 0.385. The van der Waals surface area contributed by atoms with E-state index in [0.29, 0.717) is 29.4 Å². The van der Waals surface area contributed by atoms with Crippen LogP contribution in [0.2, 0.25) is 5.02 Å². The van der Waals surface area contributed by atoms with Crippen LogP contribution in [0.25, 0.3) is 0 Å². The molecule has 110 valence electrons. The summed E-state index contributed by atoms with van der Waals surface area (Å²) in [6.45, 7) is 1.13. The van der Waals surface area contributed by atoms with Crippen molar-refractivity contribution >= 4 is 29.1 Å². The minimum absolute atomic E-state index is 0.151. The van der Waals surface area contributed by atoms with Crippen molar-refractivity contribution in [2.45, 2.75) is 6.42 Å². The van der Waals surface area contributed by atoms with Crippen molar-refractivity contribution in [2.75, 3.05) is 32.5 Å². The highest BCUT2D eigenvalue weighted by molar-refractivity contribution is 6.31. The van der Waals surface area contributed by atoms with Gasteiger partial charge in [-0.2, -0.15) is 0 Å². The highest BCUT2D eigenvalue weighted by Gasteiger charge is 2.10. The molecule has 1 aromatic carbocycles. The predicted octanol–water partition coefficient (Wildman–Crippen LogP) is 0.805. The Bertz CT molecular complexity index is 480. The number of hydrogen-bond acceptors (Lipinski definition) is 4. The third-order valence-corrected chi connectivity index (χ3v) is 2.76. The van der Waals surface area contributed by atoms with E-state index in [4.69, 9.17) is 22.1 Å². The summed E-state index contributed by atoms with van der Waals surface area (Å²) < 4.78 is 4.81. The molecule has 0 saturated carbocycles. The van der Waals surface area contributed by atoms with E-state index in [1.165, 1.54) is 6.07 Å². The van der Waals surface area contributed by atoms with E-state index in [-0.39, 0.29) is 24.8 Å². The van der Waals surface area contributed by atoms with Crippen LogP contribution in [0.15, 0.2) is 18.2 Å². The third-order valence-electron chi connectivity index (χ3n) is 2.53. The number of halogens is 1. The Labute approximate surface area is 122 Å². The molecule has 0 saturated heterocycles. The quantitative estimate of drug-likeness (QED) is 0.513. The van der Waals surface area contributed by atoms with Gasteiger partial charge >= 0.3 is 0 Å². The summed E-state index contributed by atoms with van der Waals surface area (Å²) in [5.41, 5.74) is 6.34. The van der Waals surface area contributed by atoms with Crippen molar-refractivity contribution in [3.8, 4) is 0 Å². The molecule has 0 fully saturated rings. The fourth-order valence-electron chi connectivity index (χ4n) is 1.49. The van der Waals surface area contributed by atoms with Gasteiger partial charge in [0, 0.05) is 37.3 Å². The zero-order valence-electron chi connectivity index (χ0n) is 11.2. The van der Waals surface area contributed by atoms with E-state index < -0.39 is 0 Å². The first-order chi connectivity index (χ1) is 9.54. The lowest BCUT2D eigenvalue weighted by Crippen LogP contribution is -2.32. The lowest BCUT2D eigenvalue weighted by atomic mass is 10.1. The Kier molecular flexibility index (Phi) is 6.83. The van der Waals surface area contributed by atoms with Gasteiger partial charge in [-0.15, -0.1) is 0 Å². The number of nitrogen functional groups attached to an aromatic ring is 1. The first kappa shape index (κ1) is 16.3. The van der Waals surface area contributed by atoms with E-state index in [2.05, 4.69) is 10.6 Å². The summed E-state index contributed by atoms with van der Waals surface area (Å²) in [7, 11) is 1.56. The molecule has 0 spiro atoms. The molecule has 7 heteroatoms. The molecule has 0 atom stereocenters. The summed E-state index contributed by atoms with van der Waals surface area (Å²) in [6, 6.07) is 4.66. The SMILES string of the molecule is COCCNC(=O)CCNC(=O)c1cc(Cl)ccc1N. The maximum Gasteiger partial charge on any atom is 0.253 e. The van der Waals surface area contributed by atoms with Crippen LogP contribution in [0.1, 0.15) is 16.8 Å². The Morgan fingerprint density at radius 1 is 1.30 bits per heavy atom. The van der Waals surface area contributed by atoms with Gasteiger partial charge in [0.25, 0.3) is 5.91 Å². The standard InChI is InChI=1S/C13H18ClN3O3/c1-20-7-6-16-12(18)4-5-17-13(19)10-8-9(14)2-3-11(10)15/h2-3,8H,4-7,15H2,1H3,(H,16,18)(H,17,19). The van der Waals surface area contributed by atoms with Crippen LogP contribution in [0.5, 0.6) is 0 Å². The molecular weight excluding hydrogens is 282 g/mol. The van der Waals surface area contributed by atoms with Gasteiger partial charge in [-0.05, 0) is 18.2 Å². The Hall–Kier alpha value is -1.79. The maximum absolute atomic E-state index is 11.9. The number of methoxy groups -OCH3 is 1. The molecule has 0 bridgehead atoms. The first-order valence-electron chi connectivity index (χ1n) is 6.13. The summed E-state index contributed by atoms with van der Waals surface area (Å²) >= 11 is 5.80. The van der Waals surface area contributed by atoms with Gasteiger partial charge < -0.3 is 21.1 Å². The topological polar surface area (TPSA) is 93.5 Å². The highest BCUT2D eigenvalue weighted by Crippen LogP contribution is 2.17. The van der Waals surface area contributed by atoms with Crippen LogP contribution >= 0.6 is 11.6 Å².